The molecule has 0 bridgehead atoms. The molecule has 1 aromatic carbocycles. The van der Waals surface area contributed by atoms with Crippen molar-refractivity contribution in [3.63, 3.8) is 0 Å². The van der Waals surface area contributed by atoms with Crippen LogP contribution in [0.5, 0.6) is 0 Å². The molecule has 1 amide bonds. The van der Waals surface area contributed by atoms with Gasteiger partial charge in [-0.25, -0.2) is 0 Å². The van der Waals surface area contributed by atoms with E-state index in [0.717, 1.165) is 0 Å². The Kier molecular flexibility index (Phi) is 4.02. The van der Waals surface area contributed by atoms with E-state index in [0.29, 0.717) is 5.56 Å². The Morgan fingerprint density at radius 1 is 1.00 bits per heavy atom. The third-order valence-electron chi connectivity index (χ3n) is 3.56. The molecule has 6 heteroatoms. The Labute approximate surface area is 115 Å². The summed E-state index contributed by atoms with van der Waals surface area (Å²) in [6.07, 6.45) is 0.158. The maximum absolute atomic E-state index is 12.2. The first-order valence-electron chi connectivity index (χ1n) is 6.30. The van der Waals surface area contributed by atoms with Crippen LogP contribution in [-0.4, -0.2) is 46.0 Å². The third kappa shape index (κ3) is 2.79. The van der Waals surface area contributed by atoms with E-state index < -0.39 is 23.8 Å². The highest BCUT2D eigenvalue weighted by molar-refractivity contribution is 5.94. The molecule has 2 unspecified atom stereocenters. The van der Waals surface area contributed by atoms with Gasteiger partial charge in [0, 0.05) is 18.7 Å². The molecule has 0 aromatic heterocycles. The van der Waals surface area contributed by atoms with Crippen LogP contribution in [-0.2, 0) is 9.59 Å². The number of nitrogens with zero attached hydrogens (tertiary/aromatic N) is 1. The van der Waals surface area contributed by atoms with Crippen molar-refractivity contribution in [3.05, 3.63) is 35.9 Å². The van der Waals surface area contributed by atoms with Gasteiger partial charge in [0.15, 0.2) is 0 Å². The zero-order valence-electron chi connectivity index (χ0n) is 10.7. The average molecular weight is 277 g/mol. The highest BCUT2D eigenvalue weighted by Crippen LogP contribution is 2.25. The van der Waals surface area contributed by atoms with Crippen molar-refractivity contribution in [2.45, 2.75) is 6.42 Å². The van der Waals surface area contributed by atoms with Crippen molar-refractivity contribution < 1.29 is 24.6 Å². The molecular weight excluding hydrogens is 262 g/mol. The van der Waals surface area contributed by atoms with E-state index >= 15 is 0 Å². The number of amides is 1. The maximum Gasteiger partial charge on any atom is 0.309 e. The molecule has 0 saturated carbocycles. The van der Waals surface area contributed by atoms with E-state index in [1.54, 1.807) is 30.3 Å². The second-order valence-corrected chi connectivity index (χ2v) is 4.80. The lowest BCUT2D eigenvalue weighted by Crippen LogP contribution is -2.48. The first-order chi connectivity index (χ1) is 9.50. The number of hydrogen-bond acceptors (Lipinski definition) is 3. The van der Waals surface area contributed by atoms with Crippen molar-refractivity contribution >= 4 is 17.8 Å². The number of piperidine rings is 1. The molecule has 2 rings (SSSR count). The molecule has 2 atom stereocenters. The minimum Gasteiger partial charge on any atom is -0.481 e. The Hall–Kier alpha value is -2.37. The SMILES string of the molecule is O=C(O)C1CCN(C(=O)c2ccccc2)CC1C(=O)O. The van der Waals surface area contributed by atoms with E-state index in [1.807, 2.05) is 0 Å². The number of hydrogen-bond donors (Lipinski definition) is 2. The molecule has 1 fully saturated rings. The number of carbonyl (C=O) groups is 3. The number of aliphatic carboxylic acids is 2. The van der Waals surface area contributed by atoms with Gasteiger partial charge in [-0.1, -0.05) is 18.2 Å². The van der Waals surface area contributed by atoms with E-state index in [1.165, 1.54) is 4.90 Å². The predicted molar refractivity (Wildman–Crippen MR) is 69.2 cm³/mol. The van der Waals surface area contributed by atoms with Crippen molar-refractivity contribution in [2.75, 3.05) is 13.1 Å². The van der Waals surface area contributed by atoms with E-state index in [4.69, 9.17) is 10.2 Å². The van der Waals surface area contributed by atoms with E-state index in [2.05, 4.69) is 0 Å². The minimum absolute atomic E-state index is 0.0694. The monoisotopic (exact) mass is 277 g/mol. The Morgan fingerprint density at radius 2 is 1.60 bits per heavy atom. The summed E-state index contributed by atoms with van der Waals surface area (Å²) in [6.45, 7) is 0.189. The van der Waals surface area contributed by atoms with Gasteiger partial charge in [-0.05, 0) is 18.6 Å². The van der Waals surface area contributed by atoms with Crippen LogP contribution in [0.2, 0.25) is 0 Å². The smallest absolute Gasteiger partial charge is 0.309 e. The largest absolute Gasteiger partial charge is 0.481 e. The molecule has 1 aliphatic heterocycles. The van der Waals surface area contributed by atoms with Crippen LogP contribution in [0.3, 0.4) is 0 Å². The first kappa shape index (κ1) is 14.0. The average Bonchev–Trinajstić information content (AvgIpc) is 2.46. The maximum atomic E-state index is 12.2. The Bertz CT molecular complexity index is 528. The zero-order chi connectivity index (χ0) is 14.7. The summed E-state index contributed by atoms with van der Waals surface area (Å²) in [7, 11) is 0. The van der Waals surface area contributed by atoms with Gasteiger partial charge < -0.3 is 15.1 Å². The van der Waals surface area contributed by atoms with E-state index in [9.17, 15) is 14.4 Å². The predicted octanol–water partition coefficient (Wildman–Crippen LogP) is 0.934. The summed E-state index contributed by atoms with van der Waals surface area (Å²) in [4.78, 5) is 35.9. The van der Waals surface area contributed by atoms with Gasteiger partial charge >= 0.3 is 11.9 Å². The number of carbonyl (C=O) groups excluding carboxylic acids is 1. The van der Waals surface area contributed by atoms with Gasteiger partial charge in [0.1, 0.15) is 0 Å². The van der Waals surface area contributed by atoms with Crippen LogP contribution in [0.4, 0.5) is 0 Å². The van der Waals surface area contributed by atoms with Crippen molar-refractivity contribution in [2.24, 2.45) is 11.8 Å². The quantitative estimate of drug-likeness (QED) is 0.857. The second kappa shape index (κ2) is 5.73. The van der Waals surface area contributed by atoms with Crippen molar-refractivity contribution in [3.8, 4) is 0 Å². The van der Waals surface area contributed by atoms with Gasteiger partial charge in [-0.15, -0.1) is 0 Å². The fourth-order valence-corrected chi connectivity index (χ4v) is 2.45. The van der Waals surface area contributed by atoms with Crippen molar-refractivity contribution in [1.29, 1.82) is 0 Å². The third-order valence-corrected chi connectivity index (χ3v) is 3.56. The molecule has 0 aliphatic carbocycles. The summed E-state index contributed by atoms with van der Waals surface area (Å²) in [5.74, 6) is -4.56. The Morgan fingerprint density at radius 3 is 2.15 bits per heavy atom. The van der Waals surface area contributed by atoms with Gasteiger partial charge in [-0.2, -0.15) is 0 Å². The molecular formula is C14H15NO5. The van der Waals surface area contributed by atoms with E-state index in [-0.39, 0.29) is 25.4 Å². The van der Waals surface area contributed by atoms with Crippen LogP contribution in [0, 0.1) is 11.8 Å². The summed E-state index contributed by atoms with van der Waals surface area (Å²) in [5.41, 5.74) is 0.477. The molecule has 2 N–H and O–H groups in total. The summed E-state index contributed by atoms with van der Waals surface area (Å²) < 4.78 is 0. The van der Waals surface area contributed by atoms with Crippen LogP contribution in [0.1, 0.15) is 16.8 Å². The topological polar surface area (TPSA) is 94.9 Å². The number of carboxylic acids is 2. The second-order valence-electron chi connectivity index (χ2n) is 4.80. The molecule has 1 saturated heterocycles. The number of rotatable bonds is 3. The number of benzene rings is 1. The van der Waals surface area contributed by atoms with Crippen LogP contribution >= 0.6 is 0 Å². The summed E-state index contributed by atoms with van der Waals surface area (Å²) in [6, 6.07) is 8.55. The molecule has 20 heavy (non-hydrogen) atoms. The lowest BCUT2D eigenvalue weighted by Gasteiger charge is -2.34. The van der Waals surface area contributed by atoms with Gasteiger partial charge in [0.05, 0.1) is 11.8 Å². The fourth-order valence-electron chi connectivity index (χ4n) is 2.45. The lowest BCUT2D eigenvalue weighted by molar-refractivity contribution is -0.156. The summed E-state index contributed by atoms with van der Waals surface area (Å²) >= 11 is 0. The molecule has 0 spiro atoms. The highest BCUT2D eigenvalue weighted by Gasteiger charge is 2.40. The number of carboxylic acid groups (broad SMARTS) is 2. The van der Waals surface area contributed by atoms with Gasteiger partial charge in [0.25, 0.3) is 5.91 Å². The molecule has 6 nitrogen and oxygen atoms in total. The van der Waals surface area contributed by atoms with Crippen LogP contribution in [0.15, 0.2) is 30.3 Å². The minimum atomic E-state index is -1.18. The van der Waals surface area contributed by atoms with Gasteiger partial charge in [-0.3, -0.25) is 14.4 Å². The fraction of sp³-hybridized carbons (Fsp3) is 0.357. The first-order valence-corrected chi connectivity index (χ1v) is 6.30. The molecule has 1 aromatic rings. The molecule has 1 heterocycles. The Balaban J connectivity index is 2.15. The molecule has 106 valence electrons. The van der Waals surface area contributed by atoms with Crippen LogP contribution in [0.25, 0.3) is 0 Å². The standard InChI is InChI=1S/C14H15NO5/c16-12(9-4-2-1-3-5-9)15-7-6-10(13(17)18)11(8-15)14(19)20/h1-5,10-11H,6-8H2,(H,17,18)(H,19,20). The molecule has 0 radical (unpaired) electrons. The number of likely N-dealkylation sites (tertiary alicyclic amines) is 1. The molecule has 1 aliphatic rings. The normalized spacial score (nSPS) is 22.3. The lowest BCUT2D eigenvalue weighted by atomic mass is 9.85. The summed E-state index contributed by atoms with van der Waals surface area (Å²) in [5, 5.41) is 18.2. The highest BCUT2D eigenvalue weighted by atomic mass is 16.4. The van der Waals surface area contributed by atoms with Gasteiger partial charge in [0.2, 0.25) is 0 Å². The van der Waals surface area contributed by atoms with Crippen molar-refractivity contribution in [1.82, 2.24) is 4.90 Å². The van der Waals surface area contributed by atoms with Crippen LogP contribution < -0.4 is 0 Å². The zero-order valence-corrected chi connectivity index (χ0v) is 10.7.